The number of anilines is 5. The molecule has 3 aromatic rings. The first-order chi connectivity index (χ1) is 18.9. The van der Waals surface area contributed by atoms with Gasteiger partial charge in [-0.15, -0.1) is 6.58 Å². The number of nitrogens with one attached hydrogen (secondary N) is 3. The molecule has 10 heteroatoms. The molecule has 0 bridgehead atoms. The van der Waals surface area contributed by atoms with Crippen LogP contribution in [0, 0.1) is 5.41 Å². The first-order valence-electron chi connectivity index (χ1n) is 13.4. The zero-order valence-electron chi connectivity index (χ0n) is 22.3. The second-order valence-corrected chi connectivity index (χ2v) is 10.8. The average Bonchev–Trinajstić information content (AvgIpc) is 2.95. The molecule has 0 radical (unpaired) electrons. The van der Waals surface area contributed by atoms with Crippen LogP contribution in [0.1, 0.15) is 36.0 Å². The minimum absolute atomic E-state index is 0.284. The number of pyridine rings is 1. The Kier molecular flexibility index (Phi) is 8.28. The number of hydrogen-bond donors (Lipinski definition) is 3. The fourth-order valence-electron chi connectivity index (χ4n) is 5.28. The molecule has 0 unspecified atom stereocenters. The topological polar surface area (TPSA) is 98.3 Å². The van der Waals surface area contributed by atoms with Crippen LogP contribution in [-0.2, 0) is 0 Å². The van der Waals surface area contributed by atoms with Gasteiger partial charge in [0.15, 0.2) is 0 Å². The number of aromatic nitrogens is 3. The minimum atomic E-state index is -0.320. The molecule has 0 aliphatic carbocycles. The van der Waals surface area contributed by atoms with Gasteiger partial charge >= 0.3 is 0 Å². The molecule has 2 aromatic heterocycles. The lowest BCUT2D eigenvalue weighted by molar-refractivity contribution is 0.0944. The summed E-state index contributed by atoms with van der Waals surface area (Å²) in [7, 11) is 2.23. The van der Waals surface area contributed by atoms with Crippen molar-refractivity contribution in [3.63, 3.8) is 0 Å². The van der Waals surface area contributed by atoms with Gasteiger partial charge in [0.1, 0.15) is 22.4 Å². The lowest BCUT2D eigenvalue weighted by atomic mass is 9.71. The first-order valence-corrected chi connectivity index (χ1v) is 13.8. The Bertz CT molecular complexity index is 1300. The van der Waals surface area contributed by atoms with Crippen LogP contribution in [-0.4, -0.2) is 65.5 Å². The van der Waals surface area contributed by atoms with Gasteiger partial charge in [0, 0.05) is 37.2 Å². The molecule has 4 heterocycles. The molecule has 2 fully saturated rings. The van der Waals surface area contributed by atoms with Crippen LogP contribution >= 0.6 is 11.6 Å². The molecule has 0 saturated carbocycles. The van der Waals surface area contributed by atoms with E-state index in [1.165, 1.54) is 50.7 Å². The van der Waals surface area contributed by atoms with E-state index >= 15 is 0 Å². The number of hydrogen-bond acceptors (Lipinski definition) is 8. The van der Waals surface area contributed by atoms with E-state index in [1.807, 2.05) is 12.1 Å². The Morgan fingerprint density at radius 3 is 2.44 bits per heavy atom. The number of amides is 1. The van der Waals surface area contributed by atoms with Crippen molar-refractivity contribution in [3.8, 4) is 0 Å². The lowest BCUT2D eigenvalue weighted by Gasteiger charge is -2.46. The highest BCUT2D eigenvalue weighted by Gasteiger charge is 2.36. The zero-order chi connectivity index (χ0) is 27.2. The van der Waals surface area contributed by atoms with E-state index in [2.05, 4.69) is 66.5 Å². The van der Waals surface area contributed by atoms with Crippen molar-refractivity contribution in [3.05, 3.63) is 72.0 Å². The smallest absolute Gasteiger partial charge is 0.256 e. The van der Waals surface area contributed by atoms with E-state index in [9.17, 15) is 4.79 Å². The van der Waals surface area contributed by atoms with E-state index in [-0.39, 0.29) is 11.5 Å². The summed E-state index contributed by atoms with van der Waals surface area (Å²) in [5.74, 6) is 0.822. The third-order valence-corrected chi connectivity index (χ3v) is 7.97. The van der Waals surface area contributed by atoms with Gasteiger partial charge in [-0.05, 0) is 87.6 Å². The summed E-state index contributed by atoms with van der Waals surface area (Å²) >= 11 is 6.04. The number of carbonyl (C=O) groups is 1. The van der Waals surface area contributed by atoms with Gasteiger partial charge < -0.3 is 25.8 Å². The normalized spacial score (nSPS) is 17.0. The largest absolute Gasteiger partial charge is 0.371 e. The van der Waals surface area contributed by atoms with Gasteiger partial charge in [0.25, 0.3) is 5.91 Å². The Balaban J connectivity index is 1.27. The predicted octanol–water partition coefficient (Wildman–Crippen LogP) is 5.24. The fourth-order valence-corrected chi connectivity index (χ4v) is 5.44. The molecule has 2 saturated heterocycles. The van der Waals surface area contributed by atoms with Crippen molar-refractivity contribution in [1.82, 2.24) is 25.2 Å². The van der Waals surface area contributed by atoms with Gasteiger partial charge in [0.2, 0.25) is 5.95 Å². The Hall–Kier alpha value is -3.69. The maximum absolute atomic E-state index is 12.7. The van der Waals surface area contributed by atoms with Crippen LogP contribution in [0.4, 0.5) is 29.0 Å². The summed E-state index contributed by atoms with van der Waals surface area (Å²) in [6, 6.07) is 13.6. The van der Waals surface area contributed by atoms with Crippen LogP contribution in [0.5, 0.6) is 0 Å². The third-order valence-electron chi connectivity index (χ3n) is 7.76. The van der Waals surface area contributed by atoms with E-state index in [0.29, 0.717) is 34.7 Å². The van der Waals surface area contributed by atoms with E-state index < -0.39 is 0 Å². The Labute approximate surface area is 234 Å². The lowest BCUT2D eigenvalue weighted by Crippen LogP contribution is -2.46. The highest BCUT2D eigenvalue weighted by molar-refractivity contribution is 6.29. The molecule has 2 aliphatic heterocycles. The molecule has 1 aromatic carbocycles. The summed E-state index contributed by atoms with van der Waals surface area (Å²) in [4.78, 5) is 30.8. The van der Waals surface area contributed by atoms with Crippen molar-refractivity contribution in [2.45, 2.75) is 25.7 Å². The molecular formula is C29H35ClN8O. The number of likely N-dealkylation sites (tertiary alicyclic amines) is 1. The van der Waals surface area contributed by atoms with Gasteiger partial charge in [-0.2, -0.15) is 4.98 Å². The molecule has 1 amide bonds. The predicted molar refractivity (Wildman–Crippen MR) is 157 cm³/mol. The zero-order valence-corrected chi connectivity index (χ0v) is 23.0. The van der Waals surface area contributed by atoms with Crippen LogP contribution in [0.25, 0.3) is 0 Å². The Morgan fingerprint density at radius 2 is 1.74 bits per heavy atom. The van der Waals surface area contributed by atoms with Crippen molar-refractivity contribution in [2.75, 3.05) is 55.3 Å². The summed E-state index contributed by atoms with van der Waals surface area (Å²) in [6.45, 7) is 8.61. The SMILES string of the molecule is C=CCNC(=O)c1cnc(Nc2ccc(N3CCC4(CCN(C)CC4)CC3)cc2)nc1Nc1cccc(Cl)n1. The van der Waals surface area contributed by atoms with Gasteiger partial charge in [-0.1, -0.05) is 23.7 Å². The van der Waals surface area contributed by atoms with Gasteiger partial charge in [0.05, 0.1) is 0 Å². The Morgan fingerprint density at radius 1 is 1.03 bits per heavy atom. The number of rotatable bonds is 8. The highest BCUT2D eigenvalue weighted by Crippen LogP contribution is 2.42. The summed E-state index contributed by atoms with van der Waals surface area (Å²) in [5.41, 5.74) is 2.90. The number of halogens is 1. The number of piperidine rings is 2. The van der Waals surface area contributed by atoms with E-state index in [0.717, 1.165) is 18.8 Å². The first kappa shape index (κ1) is 26.9. The van der Waals surface area contributed by atoms with Gasteiger partial charge in [-0.25, -0.2) is 9.97 Å². The molecule has 3 N–H and O–H groups in total. The van der Waals surface area contributed by atoms with E-state index in [1.54, 1.807) is 24.3 Å². The van der Waals surface area contributed by atoms with Crippen LogP contribution in [0.2, 0.25) is 5.15 Å². The molecule has 39 heavy (non-hydrogen) atoms. The second kappa shape index (κ2) is 12.0. The van der Waals surface area contributed by atoms with Gasteiger partial charge in [-0.3, -0.25) is 4.79 Å². The second-order valence-electron chi connectivity index (χ2n) is 10.4. The number of benzene rings is 1. The molecule has 9 nitrogen and oxygen atoms in total. The number of carbonyl (C=O) groups excluding carboxylic acids is 1. The quantitative estimate of drug-likeness (QED) is 0.261. The summed E-state index contributed by atoms with van der Waals surface area (Å²) < 4.78 is 0. The molecular weight excluding hydrogens is 512 g/mol. The molecule has 1 spiro atoms. The molecule has 0 atom stereocenters. The van der Waals surface area contributed by atoms with Crippen LogP contribution in [0.15, 0.2) is 61.3 Å². The summed E-state index contributed by atoms with van der Waals surface area (Å²) in [5, 5.41) is 9.44. The maximum atomic E-state index is 12.7. The van der Waals surface area contributed by atoms with Crippen molar-refractivity contribution < 1.29 is 4.79 Å². The van der Waals surface area contributed by atoms with Crippen molar-refractivity contribution >= 4 is 46.5 Å². The molecule has 2 aliphatic rings. The molecule has 204 valence electrons. The third kappa shape index (κ3) is 6.66. The summed E-state index contributed by atoms with van der Waals surface area (Å²) in [6.07, 6.45) is 8.26. The van der Waals surface area contributed by atoms with Crippen molar-refractivity contribution in [1.29, 1.82) is 0 Å². The minimum Gasteiger partial charge on any atom is -0.371 e. The monoisotopic (exact) mass is 546 g/mol. The number of nitrogens with zero attached hydrogens (tertiary/aromatic N) is 5. The fraction of sp³-hybridized carbons (Fsp3) is 0.379. The van der Waals surface area contributed by atoms with E-state index in [4.69, 9.17) is 11.6 Å². The van der Waals surface area contributed by atoms with Crippen LogP contribution in [0.3, 0.4) is 0 Å². The van der Waals surface area contributed by atoms with Crippen LogP contribution < -0.4 is 20.9 Å². The molecule has 5 rings (SSSR count). The standard InChI is InChI=1S/C29H35ClN8O/c1-3-15-31-27(39)23-20-32-28(36-26(23)35-25-6-4-5-24(30)34-25)33-21-7-9-22(10-8-21)38-18-13-29(14-19-38)11-16-37(2)17-12-29/h3-10,20H,1,11-19H2,2H3,(H,31,39)(H2,32,33,34,35,36). The highest BCUT2D eigenvalue weighted by atomic mass is 35.5. The maximum Gasteiger partial charge on any atom is 0.256 e. The van der Waals surface area contributed by atoms with Crippen molar-refractivity contribution in [2.24, 2.45) is 5.41 Å². The average molecular weight is 547 g/mol.